The quantitative estimate of drug-likeness (QED) is 0.607. The summed E-state index contributed by atoms with van der Waals surface area (Å²) in [6.45, 7) is 2.82. The summed E-state index contributed by atoms with van der Waals surface area (Å²) in [5, 5.41) is 3.09. The maximum absolute atomic E-state index is 11.8. The van der Waals surface area contributed by atoms with Gasteiger partial charge >= 0.3 is 0 Å². The minimum Gasteiger partial charge on any atom is -0.397 e. The number of aromatic nitrogens is 1. The molecule has 1 rings (SSSR count). The first-order valence-corrected chi connectivity index (χ1v) is 6.22. The summed E-state index contributed by atoms with van der Waals surface area (Å²) < 4.78 is 0. The van der Waals surface area contributed by atoms with E-state index in [-0.39, 0.29) is 11.1 Å². The van der Waals surface area contributed by atoms with E-state index in [4.69, 9.17) is 17.3 Å². The molecule has 0 unspecified atom stereocenters. The summed E-state index contributed by atoms with van der Waals surface area (Å²) in [7, 11) is 0. The number of rotatable bonds is 6. The van der Waals surface area contributed by atoms with Crippen molar-refractivity contribution in [2.24, 2.45) is 0 Å². The molecule has 1 aromatic heterocycles. The third-order valence-corrected chi connectivity index (χ3v) is 2.67. The molecule has 0 bridgehead atoms. The largest absolute Gasteiger partial charge is 0.397 e. The van der Waals surface area contributed by atoms with Crippen LogP contribution in [0.5, 0.6) is 0 Å². The molecular formula is C12H18ClN3O. The number of nitrogens with zero attached hydrogens (tertiary/aromatic N) is 1. The van der Waals surface area contributed by atoms with Crippen LogP contribution in [0, 0.1) is 0 Å². The first-order chi connectivity index (χ1) is 8.15. The van der Waals surface area contributed by atoms with Crippen LogP contribution in [-0.2, 0) is 0 Å². The number of carbonyl (C=O) groups is 1. The lowest BCUT2D eigenvalue weighted by Gasteiger charge is -2.07. The van der Waals surface area contributed by atoms with Crippen molar-refractivity contribution in [2.75, 3.05) is 12.3 Å². The summed E-state index contributed by atoms with van der Waals surface area (Å²) in [6, 6.07) is 1.48. The second-order valence-corrected chi connectivity index (χ2v) is 4.30. The van der Waals surface area contributed by atoms with E-state index in [1.807, 2.05) is 0 Å². The summed E-state index contributed by atoms with van der Waals surface area (Å²) in [5.74, 6) is -0.191. The van der Waals surface area contributed by atoms with Crippen LogP contribution in [0.1, 0.15) is 43.0 Å². The zero-order valence-corrected chi connectivity index (χ0v) is 10.8. The predicted molar refractivity (Wildman–Crippen MR) is 70.1 cm³/mol. The minimum atomic E-state index is -0.191. The molecule has 0 saturated carbocycles. The number of unbranched alkanes of at least 4 members (excludes halogenated alkanes) is 3. The lowest BCUT2D eigenvalue weighted by molar-refractivity contribution is 0.0953. The third kappa shape index (κ3) is 4.61. The highest BCUT2D eigenvalue weighted by Crippen LogP contribution is 2.14. The minimum absolute atomic E-state index is 0.191. The second-order valence-electron chi connectivity index (χ2n) is 3.91. The highest BCUT2D eigenvalue weighted by molar-refractivity contribution is 6.29. The SMILES string of the molecule is CCCCCCNC(=O)c1cc(Cl)ncc1N. The molecule has 5 heteroatoms. The van der Waals surface area contributed by atoms with Gasteiger partial charge in [-0.1, -0.05) is 37.8 Å². The molecule has 1 aromatic rings. The number of carbonyl (C=O) groups excluding carboxylic acids is 1. The van der Waals surface area contributed by atoms with E-state index in [0.29, 0.717) is 17.8 Å². The molecule has 1 amide bonds. The fourth-order valence-electron chi connectivity index (χ4n) is 1.49. The van der Waals surface area contributed by atoms with E-state index in [1.165, 1.54) is 25.1 Å². The van der Waals surface area contributed by atoms with Crippen LogP contribution in [0.15, 0.2) is 12.3 Å². The number of nitrogens with two attached hydrogens (primary N) is 1. The van der Waals surface area contributed by atoms with Crippen molar-refractivity contribution in [1.82, 2.24) is 10.3 Å². The number of hydrogen-bond donors (Lipinski definition) is 2. The van der Waals surface area contributed by atoms with Gasteiger partial charge in [0.2, 0.25) is 0 Å². The van der Waals surface area contributed by atoms with E-state index in [9.17, 15) is 4.79 Å². The van der Waals surface area contributed by atoms with Crippen molar-refractivity contribution in [3.63, 3.8) is 0 Å². The van der Waals surface area contributed by atoms with Crippen LogP contribution < -0.4 is 11.1 Å². The van der Waals surface area contributed by atoms with Crippen molar-refractivity contribution < 1.29 is 4.79 Å². The number of pyridine rings is 1. The van der Waals surface area contributed by atoms with Crippen LogP contribution >= 0.6 is 11.6 Å². The molecule has 0 aliphatic heterocycles. The molecule has 0 spiro atoms. The van der Waals surface area contributed by atoms with Crippen molar-refractivity contribution in [2.45, 2.75) is 32.6 Å². The molecule has 17 heavy (non-hydrogen) atoms. The number of nitrogen functional groups attached to an aromatic ring is 1. The van der Waals surface area contributed by atoms with Crippen LogP contribution in [0.3, 0.4) is 0 Å². The second kappa shape index (κ2) is 7.12. The van der Waals surface area contributed by atoms with Crippen molar-refractivity contribution in [3.8, 4) is 0 Å². The van der Waals surface area contributed by atoms with Crippen LogP contribution in [0.2, 0.25) is 5.15 Å². The Bertz CT molecular complexity index is 382. The third-order valence-electron chi connectivity index (χ3n) is 2.46. The lowest BCUT2D eigenvalue weighted by Crippen LogP contribution is -2.25. The molecule has 94 valence electrons. The zero-order valence-electron chi connectivity index (χ0n) is 10.0. The van der Waals surface area contributed by atoms with Gasteiger partial charge in [-0.15, -0.1) is 0 Å². The van der Waals surface area contributed by atoms with E-state index in [1.54, 1.807) is 0 Å². The van der Waals surface area contributed by atoms with Crippen LogP contribution in [0.25, 0.3) is 0 Å². The Morgan fingerprint density at radius 1 is 1.47 bits per heavy atom. The van der Waals surface area contributed by atoms with Gasteiger partial charge in [-0.3, -0.25) is 4.79 Å². The fraction of sp³-hybridized carbons (Fsp3) is 0.500. The Balaban J connectivity index is 2.44. The molecule has 0 aromatic carbocycles. The summed E-state index contributed by atoms with van der Waals surface area (Å²) >= 11 is 5.72. The summed E-state index contributed by atoms with van der Waals surface area (Å²) in [6.07, 6.45) is 5.88. The molecule has 0 atom stereocenters. The zero-order chi connectivity index (χ0) is 12.7. The molecule has 0 radical (unpaired) electrons. The topological polar surface area (TPSA) is 68.0 Å². The van der Waals surface area contributed by atoms with Crippen LogP contribution in [0.4, 0.5) is 5.69 Å². The molecular weight excluding hydrogens is 238 g/mol. The highest BCUT2D eigenvalue weighted by Gasteiger charge is 2.09. The molecule has 3 N–H and O–H groups in total. The maximum atomic E-state index is 11.8. The smallest absolute Gasteiger partial charge is 0.253 e. The Morgan fingerprint density at radius 2 is 2.24 bits per heavy atom. The normalized spacial score (nSPS) is 10.2. The van der Waals surface area contributed by atoms with E-state index in [2.05, 4.69) is 17.2 Å². The summed E-state index contributed by atoms with van der Waals surface area (Å²) in [4.78, 5) is 15.6. The van der Waals surface area contributed by atoms with Crippen molar-refractivity contribution in [1.29, 1.82) is 0 Å². The van der Waals surface area contributed by atoms with E-state index >= 15 is 0 Å². The molecule has 0 aliphatic carbocycles. The average molecular weight is 256 g/mol. The van der Waals surface area contributed by atoms with Gasteiger partial charge < -0.3 is 11.1 Å². The molecule has 1 heterocycles. The number of nitrogens with one attached hydrogen (secondary N) is 1. The van der Waals surface area contributed by atoms with Gasteiger partial charge in [0.1, 0.15) is 5.15 Å². The van der Waals surface area contributed by atoms with Gasteiger partial charge in [-0.25, -0.2) is 4.98 Å². The van der Waals surface area contributed by atoms with Gasteiger partial charge in [0.05, 0.1) is 17.4 Å². The Kier molecular flexibility index (Phi) is 5.77. The Hall–Kier alpha value is -1.29. The van der Waals surface area contributed by atoms with Gasteiger partial charge in [0, 0.05) is 6.54 Å². The number of halogens is 1. The predicted octanol–water partition coefficient (Wildman–Crippen LogP) is 2.63. The molecule has 0 aliphatic rings. The maximum Gasteiger partial charge on any atom is 0.253 e. The van der Waals surface area contributed by atoms with Gasteiger partial charge in [-0.2, -0.15) is 0 Å². The standard InChI is InChI=1S/C12H18ClN3O/c1-2-3-4-5-6-15-12(17)9-7-11(13)16-8-10(9)14/h7-8H,2-6,14H2,1H3,(H,15,17). The molecule has 0 fully saturated rings. The number of anilines is 1. The fourth-order valence-corrected chi connectivity index (χ4v) is 1.64. The average Bonchev–Trinajstić information content (AvgIpc) is 2.32. The highest BCUT2D eigenvalue weighted by atomic mass is 35.5. The van der Waals surface area contributed by atoms with Gasteiger partial charge in [-0.05, 0) is 12.5 Å². The Labute approximate surface area is 107 Å². The monoisotopic (exact) mass is 255 g/mol. The van der Waals surface area contributed by atoms with E-state index < -0.39 is 0 Å². The summed E-state index contributed by atoms with van der Waals surface area (Å²) in [5.41, 5.74) is 6.40. The van der Waals surface area contributed by atoms with E-state index in [0.717, 1.165) is 12.8 Å². The van der Waals surface area contributed by atoms with Gasteiger partial charge in [0.15, 0.2) is 0 Å². The first kappa shape index (κ1) is 13.8. The van der Waals surface area contributed by atoms with Crippen molar-refractivity contribution >= 4 is 23.2 Å². The number of amides is 1. The van der Waals surface area contributed by atoms with Crippen molar-refractivity contribution in [3.05, 3.63) is 23.0 Å². The Morgan fingerprint density at radius 3 is 2.94 bits per heavy atom. The molecule has 4 nitrogen and oxygen atoms in total. The molecule has 0 saturated heterocycles. The number of hydrogen-bond acceptors (Lipinski definition) is 3. The van der Waals surface area contributed by atoms with Crippen LogP contribution in [-0.4, -0.2) is 17.4 Å². The lowest BCUT2D eigenvalue weighted by atomic mass is 10.2. The first-order valence-electron chi connectivity index (χ1n) is 5.84. The van der Waals surface area contributed by atoms with Gasteiger partial charge in [0.25, 0.3) is 5.91 Å².